The van der Waals surface area contributed by atoms with Crippen LogP contribution < -0.4 is 17.2 Å². The molecule has 1 heterocycles. The van der Waals surface area contributed by atoms with E-state index in [4.69, 9.17) is 22.3 Å². The number of hydrogen-bond donors (Lipinski definition) is 4. The number of anilines is 1. The van der Waals surface area contributed by atoms with E-state index in [0.717, 1.165) is 0 Å². The second kappa shape index (κ2) is 3.33. The van der Waals surface area contributed by atoms with Crippen molar-refractivity contribution in [3.05, 3.63) is 11.5 Å². The summed E-state index contributed by atoms with van der Waals surface area (Å²) in [5.41, 5.74) is 16.6. The Balaban J connectivity index is 3.19. The summed E-state index contributed by atoms with van der Waals surface area (Å²) in [7, 11) is 0. The fraction of sp³-hybridized carbons (Fsp3) is 0.333. The summed E-state index contributed by atoms with van der Waals surface area (Å²) in [6.07, 6.45) is 0. The molecule has 1 aromatic heterocycles. The molecule has 0 radical (unpaired) electrons. The number of aromatic nitrogens is 2. The Labute approximate surface area is 69.4 Å². The number of hydrogen-bond acceptors (Lipinski definition) is 6. The van der Waals surface area contributed by atoms with Crippen molar-refractivity contribution in [2.45, 2.75) is 13.1 Å². The average Bonchev–Trinajstić information content (AvgIpc) is 2.09. The Hall–Kier alpha value is -1.40. The van der Waals surface area contributed by atoms with Crippen molar-refractivity contribution in [1.29, 1.82) is 0 Å². The third-order valence-electron chi connectivity index (χ3n) is 1.43. The lowest BCUT2D eigenvalue weighted by Crippen LogP contribution is -2.11. The molecule has 1 aromatic rings. The third kappa shape index (κ3) is 1.44. The fourth-order valence-corrected chi connectivity index (χ4v) is 0.799. The maximum absolute atomic E-state index is 9.16. The standard InChI is InChI=1S/C6H11N5O/c7-1-3-5(9)6(12)11-4(2-8)10-3/h1-2,7-9H2,(H,10,11,12). The van der Waals surface area contributed by atoms with Gasteiger partial charge in [-0.1, -0.05) is 0 Å². The molecule has 66 valence electrons. The Morgan fingerprint density at radius 2 is 1.83 bits per heavy atom. The predicted octanol–water partition coefficient (Wildman–Crippen LogP) is -1.32. The lowest BCUT2D eigenvalue weighted by molar-refractivity contribution is 0.450. The summed E-state index contributed by atoms with van der Waals surface area (Å²) in [5, 5.41) is 9.16. The summed E-state index contributed by atoms with van der Waals surface area (Å²) >= 11 is 0. The molecule has 6 heteroatoms. The van der Waals surface area contributed by atoms with Crippen molar-refractivity contribution in [3.8, 4) is 5.88 Å². The Morgan fingerprint density at radius 3 is 2.33 bits per heavy atom. The number of aromatic hydroxyl groups is 1. The zero-order chi connectivity index (χ0) is 9.14. The van der Waals surface area contributed by atoms with Crippen LogP contribution in [0.25, 0.3) is 0 Å². The van der Waals surface area contributed by atoms with Gasteiger partial charge in [-0.05, 0) is 0 Å². The van der Waals surface area contributed by atoms with E-state index in [1.807, 2.05) is 0 Å². The van der Waals surface area contributed by atoms with Crippen molar-refractivity contribution < 1.29 is 5.11 Å². The second-order valence-corrected chi connectivity index (χ2v) is 2.23. The molecule has 0 unspecified atom stereocenters. The first kappa shape index (κ1) is 8.69. The first-order valence-corrected chi connectivity index (χ1v) is 3.43. The summed E-state index contributed by atoms with van der Waals surface area (Å²) in [4.78, 5) is 7.56. The highest BCUT2D eigenvalue weighted by molar-refractivity contribution is 5.51. The highest BCUT2D eigenvalue weighted by atomic mass is 16.3. The zero-order valence-electron chi connectivity index (χ0n) is 6.49. The van der Waals surface area contributed by atoms with Gasteiger partial charge < -0.3 is 22.3 Å². The summed E-state index contributed by atoms with van der Waals surface area (Å²) in [6, 6.07) is 0. The minimum atomic E-state index is -0.258. The third-order valence-corrected chi connectivity index (χ3v) is 1.43. The average molecular weight is 169 g/mol. The van der Waals surface area contributed by atoms with Gasteiger partial charge in [-0.15, -0.1) is 0 Å². The molecule has 0 atom stereocenters. The van der Waals surface area contributed by atoms with E-state index in [2.05, 4.69) is 9.97 Å². The van der Waals surface area contributed by atoms with E-state index in [-0.39, 0.29) is 24.7 Å². The number of nitrogens with zero attached hydrogens (tertiary/aromatic N) is 2. The van der Waals surface area contributed by atoms with Crippen molar-refractivity contribution in [1.82, 2.24) is 9.97 Å². The summed E-state index contributed by atoms with van der Waals surface area (Å²) in [5.74, 6) is 0.0769. The van der Waals surface area contributed by atoms with Crippen LogP contribution in [0, 0.1) is 0 Å². The van der Waals surface area contributed by atoms with Crippen LogP contribution in [-0.4, -0.2) is 15.1 Å². The summed E-state index contributed by atoms with van der Waals surface area (Å²) in [6.45, 7) is 0.315. The fourth-order valence-electron chi connectivity index (χ4n) is 0.799. The first-order chi connectivity index (χ1) is 5.69. The lowest BCUT2D eigenvalue weighted by Gasteiger charge is -2.05. The summed E-state index contributed by atoms with van der Waals surface area (Å²) < 4.78 is 0. The molecular formula is C6H11N5O. The molecule has 0 fully saturated rings. The Morgan fingerprint density at radius 1 is 1.17 bits per heavy atom. The van der Waals surface area contributed by atoms with Gasteiger partial charge in [-0.3, -0.25) is 0 Å². The second-order valence-electron chi connectivity index (χ2n) is 2.23. The maximum Gasteiger partial charge on any atom is 0.238 e. The molecule has 0 bridgehead atoms. The quantitative estimate of drug-likeness (QED) is 0.435. The molecule has 0 aliphatic rings. The normalized spacial score (nSPS) is 10.2. The van der Waals surface area contributed by atoms with Gasteiger partial charge in [0.05, 0.1) is 12.2 Å². The lowest BCUT2D eigenvalue weighted by atomic mass is 10.3. The number of rotatable bonds is 2. The molecule has 0 aliphatic carbocycles. The van der Waals surface area contributed by atoms with E-state index in [1.54, 1.807) is 0 Å². The smallest absolute Gasteiger partial charge is 0.238 e. The van der Waals surface area contributed by atoms with Crippen molar-refractivity contribution in [2.75, 3.05) is 5.73 Å². The van der Waals surface area contributed by atoms with Gasteiger partial charge in [0.15, 0.2) is 0 Å². The SMILES string of the molecule is NCc1nc(O)c(N)c(CN)n1. The van der Waals surface area contributed by atoms with Crippen LogP contribution in [0.4, 0.5) is 5.69 Å². The minimum absolute atomic E-state index is 0.120. The molecule has 6 nitrogen and oxygen atoms in total. The molecule has 1 rings (SSSR count). The van der Waals surface area contributed by atoms with E-state index in [9.17, 15) is 0 Å². The monoisotopic (exact) mass is 169 g/mol. The largest absolute Gasteiger partial charge is 0.492 e. The van der Waals surface area contributed by atoms with Gasteiger partial charge in [-0.25, -0.2) is 4.98 Å². The minimum Gasteiger partial charge on any atom is -0.492 e. The first-order valence-electron chi connectivity index (χ1n) is 3.43. The molecule has 0 aliphatic heterocycles. The van der Waals surface area contributed by atoms with Gasteiger partial charge in [0.2, 0.25) is 5.88 Å². The topological polar surface area (TPSA) is 124 Å². The van der Waals surface area contributed by atoms with E-state index in [1.165, 1.54) is 0 Å². The molecule has 0 saturated heterocycles. The molecular weight excluding hydrogens is 158 g/mol. The van der Waals surface area contributed by atoms with Crippen LogP contribution in [0.2, 0.25) is 0 Å². The molecule has 7 N–H and O–H groups in total. The number of nitrogens with two attached hydrogens (primary N) is 3. The van der Waals surface area contributed by atoms with E-state index < -0.39 is 0 Å². The van der Waals surface area contributed by atoms with Gasteiger partial charge in [0.25, 0.3) is 0 Å². The van der Waals surface area contributed by atoms with Crippen molar-refractivity contribution >= 4 is 5.69 Å². The van der Waals surface area contributed by atoms with Crippen LogP contribution in [0.15, 0.2) is 0 Å². The maximum atomic E-state index is 9.16. The van der Waals surface area contributed by atoms with Gasteiger partial charge >= 0.3 is 0 Å². The van der Waals surface area contributed by atoms with E-state index in [0.29, 0.717) is 11.5 Å². The van der Waals surface area contributed by atoms with Crippen LogP contribution in [0.3, 0.4) is 0 Å². The van der Waals surface area contributed by atoms with Crippen LogP contribution >= 0.6 is 0 Å². The van der Waals surface area contributed by atoms with Gasteiger partial charge in [0, 0.05) is 6.54 Å². The predicted molar refractivity (Wildman–Crippen MR) is 43.9 cm³/mol. The van der Waals surface area contributed by atoms with Crippen LogP contribution in [0.1, 0.15) is 11.5 Å². The van der Waals surface area contributed by atoms with Crippen molar-refractivity contribution in [3.63, 3.8) is 0 Å². The molecule has 12 heavy (non-hydrogen) atoms. The molecule has 0 aromatic carbocycles. The van der Waals surface area contributed by atoms with Gasteiger partial charge in [-0.2, -0.15) is 4.98 Å². The number of nitrogen functional groups attached to an aromatic ring is 1. The highest BCUT2D eigenvalue weighted by Crippen LogP contribution is 2.19. The Bertz CT molecular complexity index is 288. The molecule has 0 amide bonds. The zero-order valence-corrected chi connectivity index (χ0v) is 6.49. The Kier molecular flexibility index (Phi) is 2.41. The van der Waals surface area contributed by atoms with Crippen LogP contribution in [-0.2, 0) is 13.1 Å². The van der Waals surface area contributed by atoms with Crippen molar-refractivity contribution in [2.24, 2.45) is 11.5 Å². The molecule has 0 saturated carbocycles. The van der Waals surface area contributed by atoms with E-state index >= 15 is 0 Å². The van der Waals surface area contributed by atoms with Crippen LogP contribution in [0.5, 0.6) is 5.88 Å². The highest BCUT2D eigenvalue weighted by Gasteiger charge is 2.07. The van der Waals surface area contributed by atoms with Gasteiger partial charge in [0.1, 0.15) is 11.5 Å². The molecule has 0 spiro atoms.